The number of hydrogen-bond donors (Lipinski definition) is 1. The predicted molar refractivity (Wildman–Crippen MR) is 114 cm³/mol. The largest absolute Gasteiger partial charge is 0.497 e. The first kappa shape index (κ1) is 20.9. The summed E-state index contributed by atoms with van der Waals surface area (Å²) in [6, 6.07) is 18.1. The van der Waals surface area contributed by atoms with Crippen molar-refractivity contribution in [2.75, 3.05) is 20.2 Å². The van der Waals surface area contributed by atoms with Crippen LogP contribution in [0.25, 0.3) is 0 Å². The minimum atomic E-state index is 0.0941. The van der Waals surface area contributed by atoms with E-state index in [0.717, 1.165) is 30.6 Å². The van der Waals surface area contributed by atoms with E-state index < -0.39 is 0 Å². The average molecular weight is 395 g/mol. The van der Waals surface area contributed by atoms with Gasteiger partial charge >= 0.3 is 0 Å². The third-order valence-electron chi connectivity index (χ3n) is 5.46. The number of ether oxygens (including phenoxy) is 1. The van der Waals surface area contributed by atoms with Crippen molar-refractivity contribution < 1.29 is 14.3 Å². The number of benzene rings is 2. The van der Waals surface area contributed by atoms with Gasteiger partial charge in [0.05, 0.1) is 7.11 Å². The van der Waals surface area contributed by atoms with Crippen LogP contribution in [0.4, 0.5) is 0 Å². The molecule has 1 N–H and O–H groups in total. The number of amides is 2. The van der Waals surface area contributed by atoms with Gasteiger partial charge in [-0.1, -0.05) is 42.5 Å². The van der Waals surface area contributed by atoms with Crippen molar-refractivity contribution in [2.45, 2.75) is 44.6 Å². The summed E-state index contributed by atoms with van der Waals surface area (Å²) in [4.78, 5) is 26.7. The molecule has 1 aliphatic rings. The van der Waals surface area contributed by atoms with Crippen LogP contribution in [0, 0.1) is 0 Å². The van der Waals surface area contributed by atoms with Crippen molar-refractivity contribution in [3.63, 3.8) is 0 Å². The predicted octanol–water partition coefficient (Wildman–Crippen LogP) is 3.37. The normalized spacial score (nSPS) is 14.4. The lowest BCUT2D eigenvalue weighted by atomic mass is 10.0. The fourth-order valence-electron chi connectivity index (χ4n) is 3.71. The highest BCUT2D eigenvalue weighted by atomic mass is 16.5. The van der Waals surface area contributed by atoms with Gasteiger partial charge in [-0.15, -0.1) is 0 Å². The van der Waals surface area contributed by atoms with E-state index in [4.69, 9.17) is 4.74 Å². The Morgan fingerprint density at radius 3 is 2.38 bits per heavy atom. The minimum Gasteiger partial charge on any atom is -0.497 e. The van der Waals surface area contributed by atoms with E-state index in [0.29, 0.717) is 32.4 Å². The second-order valence-electron chi connectivity index (χ2n) is 7.56. The summed E-state index contributed by atoms with van der Waals surface area (Å²) in [6.07, 6.45) is 4.12. The molecule has 0 saturated carbocycles. The van der Waals surface area contributed by atoms with Gasteiger partial charge in [-0.3, -0.25) is 9.59 Å². The van der Waals surface area contributed by atoms with Crippen LogP contribution in [0.2, 0.25) is 0 Å². The molecule has 0 aromatic heterocycles. The van der Waals surface area contributed by atoms with Crippen molar-refractivity contribution >= 4 is 11.8 Å². The summed E-state index contributed by atoms with van der Waals surface area (Å²) < 4.78 is 5.23. The Kier molecular flexibility index (Phi) is 7.68. The summed E-state index contributed by atoms with van der Waals surface area (Å²) in [5.41, 5.74) is 2.29. The topological polar surface area (TPSA) is 58.6 Å². The van der Waals surface area contributed by atoms with Crippen LogP contribution in [-0.2, 0) is 22.4 Å². The zero-order valence-electron chi connectivity index (χ0n) is 17.1. The van der Waals surface area contributed by atoms with Crippen LogP contribution >= 0.6 is 0 Å². The highest BCUT2D eigenvalue weighted by Crippen LogP contribution is 2.16. The number of aryl methyl sites for hydroxylation is 2. The van der Waals surface area contributed by atoms with E-state index >= 15 is 0 Å². The van der Waals surface area contributed by atoms with E-state index in [1.54, 1.807) is 7.11 Å². The Morgan fingerprint density at radius 1 is 0.966 bits per heavy atom. The van der Waals surface area contributed by atoms with E-state index in [-0.39, 0.29) is 17.9 Å². The molecule has 0 radical (unpaired) electrons. The molecule has 0 spiro atoms. The highest BCUT2D eigenvalue weighted by molar-refractivity contribution is 5.77. The molecule has 0 unspecified atom stereocenters. The zero-order valence-corrected chi connectivity index (χ0v) is 17.1. The lowest BCUT2D eigenvalue weighted by Crippen LogP contribution is -2.46. The number of rotatable bonds is 8. The first-order chi connectivity index (χ1) is 14.1. The maximum atomic E-state index is 12.5. The van der Waals surface area contributed by atoms with Crippen LogP contribution < -0.4 is 10.1 Å². The van der Waals surface area contributed by atoms with E-state index in [1.165, 1.54) is 5.56 Å². The molecule has 0 bridgehead atoms. The number of likely N-dealkylation sites (tertiary alicyclic amines) is 1. The van der Waals surface area contributed by atoms with Crippen LogP contribution in [0.15, 0.2) is 54.6 Å². The fourth-order valence-corrected chi connectivity index (χ4v) is 3.71. The zero-order chi connectivity index (χ0) is 20.5. The van der Waals surface area contributed by atoms with Crippen LogP contribution in [0.1, 0.15) is 36.8 Å². The lowest BCUT2D eigenvalue weighted by Gasteiger charge is -2.32. The van der Waals surface area contributed by atoms with Crippen molar-refractivity contribution in [3.05, 3.63) is 65.7 Å². The van der Waals surface area contributed by atoms with Gasteiger partial charge in [0.2, 0.25) is 11.8 Å². The molecule has 3 rings (SSSR count). The van der Waals surface area contributed by atoms with Gasteiger partial charge < -0.3 is 15.0 Å². The smallest absolute Gasteiger partial charge is 0.222 e. The average Bonchev–Trinajstić information content (AvgIpc) is 2.77. The molecular weight excluding hydrogens is 364 g/mol. The summed E-state index contributed by atoms with van der Waals surface area (Å²) in [7, 11) is 1.65. The molecule has 5 nitrogen and oxygen atoms in total. The third kappa shape index (κ3) is 6.63. The molecule has 1 aliphatic heterocycles. The summed E-state index contributed by atoms with van der Waals surface area (Å²) in [5, 5.41) is 3.13. The molecule has 29 heavy (non-hydrogen) atoms. The van der Waals surface area contributed by atoms with Gasteiger partial charge in [0.25, 0.3) is 0 Å². The quantitative estimate of drug-likeness (QED) is 0.747. The summed E-state index contributed by atoms with van der Waals surface area (Å²) in [5.74, 6) is 1.09. The summed E-state index contributed by atoms with van der Waals surface area (Å²) >= 11 is 0. The van der Waals surface area contributed by atoms with Gasteiger partial charge in [-0.2, -0.15) is 0 Å². The van der Waals surface area contributed by atoms with Gasteiger partial charge in [0, 0.05) is 32.0 Å². The molecule has 1 heterocycles. The Morgan fingerprint density at radius 2 is 1.66 bits per heavy atom. The lowest BCUT2D eigenvalue weighted by molar-refractivity contribution is -0.132. The highest BCUT2D eigenvalue weighted by Gasteiger charge is 2.23. The number of carbonyl (C=O) groups excluding carboxylic acids is 2. The Hall–Kier alpha value is -2.82. The maximum Gasteiger partial charge on any atom is 0.222 e. The van der Waals surface area contributed by atoms with Crippen molar-refractivity contribution in [1.82, 2.24) is 10.2 Å². The molecule has 2 amide bonds. The Labute approximate surface area is 173 Å². The second kappa shape index (κ2) is 10.6. The molecule has 0 aliphatic carbocycles. The second-order valence-corrected chi connectivity index (χ2v) is 7.56. The first-order valence-corrected chi connectivity index (χ1v) is 10.4. The molecule has 0 atom stereocenters. The van der Waals surface area contributed by atoms with E-state index in [2.05, 4.69) is 5.32 Å². The molecule has 1 saturated heterocycles. The van der Waals surface area contributed by atoms with E-state index in [1.807, 2.05) is 59.5 Å². The molecule has 5 heteroatoms. The maximum absolute atomic E-state index is 12.5. The monoisotopic (exact) mass is 394 g/mol. The Balaban J connectivity index is 1.36. The number of piperidine rings is 1. The van der Waals surface area contributed by atoms with Crippen molar-refractivity contribution in [1.29, 1.82) is 0 Å². The molecule has 1 fully saturated rings. The number of nitrogens with one attached hydrogen (secondary N) is 1. The third-order valence-corrected chi connectivity index (χ3v) is 5.46. The molecule has 2 aromatic rings. The van der Waals surface area contributed by atoms with Gasteiger partial charge in [0.1, 0.15) is 5.75 Å². The number of carbonyl (C=O) groups is 2. The van der Waals surface area contributed by atoms with Crippen LogP contribution in [-0.4, -0.2) is 43.0 Å². The fraction of sp³-hybridized carbons (Fsp3) is 0.417. The number of nitrogens with zero attached hydrogens (tertiary/aromatic N) is 1. The molecule has 2 aromatic carbocycles. The molecular formula is C24H30N2O3. The number of hydrogen-bond acceptors (Lipinski definition) is 3. The van der Waals surface area contributed by atoms with E-state index in [9.17, 15) is 9.59 Å². The van der Waals surface area contributed by atoms with Crippen LogP contribution in [0.5, 0.6) is 5.75 Å². The van der Waals surface area contributed by atoms with Gasteiger partial charge in [-0.25, -0.2) is 0 Å². The standard InChI is InChI=1S/C24H30N2O3/c1-29-22-9-5-8-20(18-22)11-13-24(28)26-16-14-21(15-17-26)25-23(27)12-10-19-6-3-2-4-7-19/h2-9,18,21H,10-17H2,1H3,(H,25,27). The molecule has 154 valence electrons. The minimum absolute atomic E-state index is 0.0941. The van der Waals surface area contributed by atoms with Gasteiger partial charge in [-0.05, 0) is 48.9 Å². The van der Waals surface area contributed by atoms with Crippen molar-refractivity contribution in [3.8, 4) is 5.75 Å². The van der Waals surface area contributed by atoms with Crippen molar-refractivity contribution in [2.24, 2.45) is 0 Å². The SMILES string of the molecule is COc1cccc(CCC(=O)N2CCC(NC(=O)CCc3ccccc3)CC2)c1. The first-order valence-electron chi connectivity index (χ1n) is 10.4. The Bertz CT molecular complexity index is 799. The van der Waals surface area contributed by atoms with Crippen LogP contribution in [0.3, 0.4) is 0 Å². The number of methoxy groups -OCH3 is 1. The summed E-state index contributed by atoms with van der Waals surface area (Å²) in [6.45, 7) is 1.42. The van der Waals surface area contributed by atoms with Gasteiger partial charge in [0.15, 0.2) is 0 Å².